The predicted octanol–water partition coefficient (Wildman–Crippen LogP) is 5.55. The van der Waals surface area contributed by atoms with Crippen molar-refractivity contribution in [1.29, 1.82) is 0 Å². The Morgan fingerprint density at radius 2 is 1.74 bits per heavy atom. The summed E-state index contributed by atoms with van der Waals surface area (Å²) in [4.78, 5) is 28.2. The van der Waals surface area contributed by atoms with Crippen LogP contribution < -0.4 is 11.3 Å². The lowest BCUT2D eigenvalue weighted by atomic mass is 9.94. The van der Waals surface area contributed by atoms with Gasteiger partial charge in [-0.05, 0) is 36.0 Å². The maximum absolute atomic E-state index is 14.0. The molecule has 5 aromatic rings. The Morgan fingerprint density at radius 1 is 0.974 bits per heavy atom. The van der Waals surface area contributed by atoms with Crippen LogP contribution in [0.5, 0.6) is 0 Å². The van der Waals surface area contributed by atoms with Crippen molar-refractivity contribution in [2.24, 2.45) is 0 Å². The molecule has 1 saturated carbocycles. The number of aryl methyl sites for hydroxylation is 1. The van der Waals surface area contributed by atoms with Gasteiger partial charge in [-0.25, -0.2) is 9.31 Å². The maximum Gasteiger partial charge on any atom is 0.439 e. The monoisotopic (exact) mass is 509 g/mol. The highest BCUT2D eigenvalue weighted by molar-refractivity contribution is 5.80. The van der Waals surface area contributed by atoms with Gasteiger partial charge in [0.2, 0.25) is 0 Å². The van der Waals surface area contributed by atoms with E-state index in [0.717, 1.165) is 77.7 Å². The number of benzene rings is 2. The van der Waals surface area contributed by atoms with Crippen molar-refractivity contribution in [1.82, 2.24) is 24.3 Å². The summed E-state index contributed by atoms with van der Waals surface area (Å²) in [5.41, 5.74) is 6.66. The number of hydrogen-bond donors (Lipinski definition) is 1. The summed E-state index contributed by atoms with van der Waals surface area (Å²) < 4.78 is 8.73. The number of rotatable bonds is 7. The molecule has 0 unspecified atom stereocenters. The first-order valence-electron chi connectivity index (χ1n) is 13.5. The Bertz CT molecular complexity index is 1680. The highest BCUT2D eigenvalue weighted by atomic mass is 16.5. The molecule has 0 aliphatic heterocycles. The van der Waals surface area contributed by atoms with Gasteiger partial charge in [0.25, 0.3) is 5.56 Å². The van der Waals surface area contributed by atoms with Crippen LogP contribution in [0.25, 0.3) is 28.2 Å². The second-order valence-corrected chi connectivity index (χ2v) is 10.1. The number of fused-ring (bicyclic) bond motifs is 1. The number of aromatic nitrogens is 5. The lowest BCUT2D eigenvalue weighted by molar-refractivity contribution is 0.349. The van der Waals surface area contributed by atoms with Gasteiger partial charge >= 0.3 is 5.76 Å². The van der Waals surface area contributed by atoms with Crippen molar-refractivity contribution in [3.05, 3.63) is 98.5 Å². The van der Waals surface area contributed by atoms with Crippen LogP contribution in [0.3, 0.4) is 0 Å². The highest BCUT2D eigenvalue weighted by Gasteiger charge is 2.24. The number of nitrogens with one attached hydrogen (secondary N) is 1. The van der Waals surface area contributed by atoms with Gasteiger partial charge in [0.15, 0.2) is 5.82 Å². The number of aromatic amines is 1. The molecule has 1 aliphatic rings. The van der Waals surface area contributed by atoms with E-state index in [2.05, 4.69) is 46.4 Å². The van der Waals surface area contributed by atoms with Crippen LogP contribution >= 0.6 is 0 Å². The van der Waals surface area contributed by atoms with E-state index in [1.54, 1.807) is 0 Å². The Morgan fingerprint density at radius 3 is 2.45 bits per heavy atom. The second-order valence-electron chi connectivity index (χ2n) is 10.1. The summed E-state index contributed by atoms with van der Waals surface area (Å²) >= 11 is 0. The zero-order chi connectivity index (χ0) is 26.1. The minimum Gasteiger partial charge on any atom is -0.296 e. The van der Waals surface area contributed by atoms with E-state index < -0.39 is 5.76 Å². The predicted molar refractivity (Wildman–Crippen MR) is 146 cm³/mol. The van der Waals surface area contributed by atoms with Crippen LogP contribution in [0.4, 0.5) is 0 Å². The zero-order valence-corrected chi connectivity index (χ0v) is 21.5. The van der Waals surface area contributed by atoms with Gasteiger partial charge in [-0.1, -0.05) is 86.3 Å². The number of nitrogens with zero attached hydrogens (tertiary/aromatic N) is 4. The molecule has 3 aromatic heterocycles. The fourth-order valence-corrected chi connectivity index (χ4v) is 5.84. The van der Waals surface area contributed by atoms with Crippen molar-refractivity contribution in [2.45, 2.75) is 64.3 Å². The van der Waals surface area contributed by atoms with Crippen molar-refractivity contribution < 1.29 is 4.52 Å². The number of hydrogen-bond acceptors (Lipinski definition) is 5. The third-order valence-corrected chi connectivity index (χ3v) is 7.65. The van der Waals surface area contributed by atoms with E-state index in [0.29, 0.717) is 12.2 Å². The molecule has 0 amide bonds. The molecule has 8 heteroatoms. The third-order valence-electron chi connectivity index (χ3n) is 7.65. The SMILES string of the molecule is CCCc1c(Cc2ccc(-c3ccccc3-c3noc(=O)[nH]3)cc2)c(=O)n(C2CCCCC2)c2ccnn12. The molecule has 1 N–H and O–H groups in total. The first-order chi connectivity index (χ1) is 18.6. The van der Waals surface area contributed by atoms with Crippen molar-refractivity contribution in [3.63, 3.8) is 0 Å². The smallest absolute Gasteiger partial charge is 0.296 e. The van der Waals surface area contributed by atoms with Crippen LogP contribution in [0.1, 0.15) is 68.3 Å². The fraction of sp³-hybridized carbons (Fsp3) is 0.333. The summed E-state index contributed by atoms with van der Waals surface area (Å²) in [5.74, 6) is -0.184. The normalized spacial score (nSPS) is 14.3. The topological polar surface area (TPSA) is 98.2 Å². The molecule has 0 radical (unpaired) electrons. The minimum atomic E-state index is -0.582. The van der Waals surface area contributed by atoms with Crippen LogP contribution in [-0.4, -0.2) is 24.3 Å². The Hall–Kier alpha value is -4.20. The van der Waals surface area contributed by atoms with Gasteiger partial charge < -0.3 is 0 Å². The summed E-state index contributed by atoms with van der Waals surface area (Å²) in [5, 5.41) is 8.51. The molecule has 6 rings (SSSR count). The Kier molecular flexibility index (Phi) is 6.54. The molecule has 1 fully saturated rings. The van der Waals surface area contributed by atoms with Gasteiger partial charge in [0, 0.05) is 29.7 Å². The van der Waals surface area contributed by atoms with Crippen LogP contribution in [-0.2, 0) is 12.8 Å². The molecule has 1 aliphatic carbocycles. The molecule has 8 nitrogen and oxygen atoms in total. The molecule has 0 bridgehead atoms. The van der Waals surface area contributed by atoms with Gasteiger partial charge in [-0.2, -0.15) is 5.10 Å². The second kappa shape index (κ2) is 10.3. The zero-order valence-electron chi connectivity index (χ0n) is 21.5. The molecule has 3 heterocycles. The average molecular weight is 510 g/mol. The quantitative estimate of drug-likeness (QED) is 0.310. The van der Waals surface area contributed by atoms with Crippen LogP contribution in [0.2, 0.25) is 0 Å². The minimum absolute atomic E-state index is 0.123. The summed E-state index contributed by atoms with van der Waals surface area (Å²) in [6, 6.07) is 18.2. The van der Waals surface area contributed by atoms with E-state index >= 15 is 0 Å². The molecule has 38 heavy (non-hydrogen) atoms. The van der Waals surface area contributed by atoms with E-state index in [1.807, 2.05) is 45.6 Å². The first kappa shape index (κ1) is 24.2. The lowest BCUT2D eigenvalue weighted by Crippen LogP contribution is -2.32. The van der Waals surface area contributed by atoms with E-state index in [-0.39, 0.29) is 11.6 Å². The van der Waals surface area contributed by atoms with E-state index in [4.69, 9.17) is 4.52 Å². The van der Waals surface area contributed by atoms with Crippen LogP contribution in [0, 0.1) is 0 Å². The standard InChI is InChI=1S/C30H31N5O3/c1-2-8-26-25(29(36)34(22-9-4-3-5-10-22)27-17-18-31-35(26)27)19-20-13-15-21(16-14-20)23-11-6-7-12-24(23)28-32-30(37)38-33-28/h6-7,11-18,22H,2-5,8-10,19H2,1H3,(H,32,33,37). The molecular weight excluding hydrogens is 478 g/mol. The summed E-state index contributed by atoms with van der Waals surface area (Å²) in [6.07, 6.45) is 9.74. The summed E-state index contributed by atoms with van der Waals surface area (Å²) in [6.45, 7) is 2.14. The number of H-pyrrole nitrogens is 1. The molecule has 0 spiro atoms. The van der Waals surface area contributed by atoms with E-state index in [1.165, 1.54) is 6.42 Å². The highest BCUT2D eigenvalue weighted by Crippen LogP contribution is 2.31. The van der Waals surface area contributed by atoms with Crippen molar-refractivity contribution in [3.8, 4) is 22.5 Å². The fourth-order valence-electron chi connectivity index (χ4n) is 5.84. The van der Waals surface area contributed by atoms with Gasteiger partial charge in [0.1, 0.15) is 5.65 Å². The Balaban J connectivity index is 1.39. The summed E-state index contributed by atoms with van der Waals surface area (Å²) in [7, 11) is 0. The molecule has 0 atom stereocenters. The van der Waals surface area contributed by atoms with Gasteiger partial charge in [-0.3, -0.25) is 18.9 Å². The van der Waals surface area contributed by atoms with Crippen molar-refractivity contribution >= 4 is 5.65 Å². The Labute approximate surface area is 219 Å². The lowest BCUT2D eigenvalue weighted by Gasteiger charge is -2.26. The molecule has 0 saturated heterocycles. The molecule has 194 valence electrons. The molecule has 2 aromatic carbocycles. The maximum atomic E-state index is 14.0. The average Bonchev–Trinajstić information content (AvgIpc) is 3.61. The van der Waals surface area contributed by atoms with E-state index in [9.17, 15) is 9.59 Å². The largest absolute Gasteiger partial charge is 0.439 e. The van der Waals surface area contributed by atoms with Crippen molar-refractivity contribution in [2.75, 3.05) is 0 Å². The third kappa shape index (κ3) is 4.40. The van der Waals surface area contributed by atoms with Crippen LogP contribution in [0.15, 0.2) is 74.9 Å². The molecular formula is C30H31N5O3. The van der Waals surface area contributed by atoms with Gasteiger partial charge in [0.05, 0.1) is 11.9 Å². The first-order valence-corrected chi connectivity index (χ1v) is 13.5. The van der Waals surface area contributed by atoms with Gasteiger partial charge in [-0.15, -0.1) is 0 Å².